The van der Waals surface area contributed by atoms with E-state index in [1.807, 2.05) is 0 Å². The maximum atomic E-state index is 10.6. The first-order chi connectivity index (χ1) is 5.04. The van der Waals surface area contributed by atoms with Gasteiger partial charge in [0, 0.05) is 0 Å². The van der Waals surface area contributed by atoms with E-state index < -0.39 is 16.0 Å². The highest BCUT2D eigenvalue weighted by atomic mass is 32.2. The van der Waals surface area contributed by atoms with Crippen LogP contribution in [0.1, 0.15) is 25.7 Å². The van der Waals surface area contributed by atoms with E-state index in [-0.39, 0.29) is 4.86 Å². The second kappa shape index (κ2) is 2.92. The molecule has 0 aromatic rings. The summed E-state index contributed by atoms with van der Waals surface area (Å²) < 4.78 is 21.1. The summed E-state index contributed by atoms with van der Waals surface area (Å²) in [4.78, 5) is 0.267. The van der Waals surface area contributed by atoms with Gasteiger partial charge < -0.3 is 11.5 Å². The van der Waals surface area contributed by atoms with Crippen molar-refractivity contribution in [2.24, 2.45) is 11.5 Å². The molecular formula is C6H12N2O2S. The van der Waals surface area contributed by atoms with Gasteiger partial charge in [0.1, 0.15) is 5.66 Å². The average molecular weight is 176 g/mol. The summed E-state index contributed by atoms with van der Waals surface area (Å²) >= 11 is 0. The molecule has 0 atom stereocenters. The lowest BCUT2D eigenvalue weighted by Crippen LogP contribution is -2.58. The molecule has 1 rings (SSSR count). The first-order valence-electron chi connectivity index (χ1n) is 3.57. The van der Waals surface area contributed by atoms with Gasteiger partial charge >= 0.3 is 0 Å². The van der Waals surface area contributed by atoms with E-state index in [1.165, 1.54) is 0 Å². The molecule has 1 fully saturated rings. The number of hydrogen-bond acceptors (Lipinski definition) is 4. The minimum Gasteiger partial charge on any atom is -0.309 e. The van der Waals surface area contributed by atoms with Crippen LogP contribution in [0, 0.1) is 0 Å². The van der Waals surface area contributed by atoms with Crippen LogP contribution in [-0.4, -0.2) is 18.9 Å². The quantitative estimate of drug-likeness (QED) is 0.374. The Morgan fingerprint density at radius 2 is 1.91 bits per heavy atom. The molecule has 0 bridgehead atoms. The fourth-order valence-electron chi connectivity index (χ4n) is 1.31. The lowest BCUT2D eigenvalue weighted by Gasteiger charge is -2.28. The third kappa shape index (κ3) is 1.79. The van der Waals surface area contributed by atoms with Crippen LogP contribution in [-0.2, 0) is 10.3 Å². The molecule has 4 N–H and O–H groups in total. The number of rotatable bonds is 0. The largest absolute Gasteiger partial charge is 0.309 e. The molecule has 0 radical (unpaired) electrons. The monoisotopic (exact) mass is 176 g/mol. The lowest BCUT2D eigenvalue weighted by atomic mass is 9.90. The molecule has 0 unspecified atom stereocenters. The predicted molar refractivity (Wildman–Crippen MR) is 43.5 cm³/mol. The van der Waals surface area contributed by atoms with E-state index in [9.17, 15) is 8.42 Å². The molecule has 0 heterocycles. The molecule has 0 saturated heterocycles. The average Bonchev–Trinajstić information content (AvgIpc) is 1.85. The van der Waals surface area contributed by atoms with Crippen LogP contribution < -0.4 is 11.5 Å². The van der Waals surface area contributed by atoms with Crippen LogP contribution >= 0.6 is 0 Å². The van der Waals surface area contributed by atoms with Crippen LogP contribution in [0.4, 0.5) is 0 Å². The fourth-order valence-corrected chi connectivity index (χ4v) is 2.04. The van der Waals surface area contributed by atoms with Crippen molar-refractivity contribution >= 4 is 15.2 Å². The van der Waals surface area contributed by atoms with Gasteiger partial charge in [-0.1, -0.05) is 0 Å². The molecule has 64 valence electrons. The van der Waals surface area contributed by atoms with Crippen molar-refractivity contribution in [3.05, 3.63) is 0 Å². The van der Waals surface area contributed by atoms with Crippen LogP contribution in [0.15, 0.2) is 0 Å². The molecule has 0 aromatic carbocycles. The zero-order valence-corrected chi connectivity index (χ0v) is 7.02. The van der Waals surface area contributed by atoms with Crippen molar-refractivity contribution in [1.82, 2.24) is 0 Å². The molecule has 0 aromatic heterocycles. The van der Waals surface area contributed by atoms with Gasteiger partial charge in [0.25, 0.3) is 0 Å². The molecule has 1 aliphatic rings. The van der Waals surface area contributed by atoms with Gasteiger partial charge in [-0.25, -0.2) is 0 Å². The zero-order valence-electron chi connectivity index (χ0n) is 6.21. The molecular weight excluding hydrogens is 164 g/mol. The highest BCUT2D eigenvalue weighted by Gasteiger charge is 2.30. The van der Waals surface area contributed by atoms with Crippen LogP contribution in [0.25, 0.3) is 0 Å². The predicted octanol–water partition coefficient (Wildman–Crippen LogP) is -0.774. The first-order valence-corrected chi connectivity index (χ1v) is 4.65. The van der Waals surface area contributed by atoms with E-state index in [2.05, 4.69) is 0 Å². The highest BCUT2D eigenvalue weighted by molar-refractivity contribution is 7.73. The van der Waals surface area contributed by atoms with Gasteiger partial charge in [-0.05, 0) is 25.7 Å². The maximum Gasteiger partial charge on any atom is 0.216 e. The zero-order chi connectivity index (χ0) is 8.48. The fraction of sp³-hybridized carbons (Fsp3) is 0.833. The van der Waals surface area contributed by atoms with Gasteiger partial charge in [-0.2, -0.15) is 8.42 Å². The van der Waals surface area contributed by atoms with Crippen molar-refractivity contribution in [3.8, 4) is 0 Å². The minimum atomic E-state index is -2.20. The molecule has 11 heavy (non-hydrogen) atoms. The Labute approximate surface area is 67.1 Å². The highest BCUT2D eigenvalue weighted by Crippen LogP contribution is 2.18. The third-order valence-corrected chi connectivity index (χ3v) is 2.95. The maximum absolute atomic E-state index is 10.6. The van der Waals surface area contributed by atoms with Crippen LogP contribution in [0.3, 0.4) is 0 Å². The van der Waals surface area contributed by atoms with Gasteiger partial charge in [-0.15, -0.1) is 0 Å². The Balaban J connectivity index is 3.04. The van der Waals surface area contributed by atoms with Crippen molar-refractivity contribution in [2.45, 2.75) is 31.3 Å². The van der Waals surface area contributed by atoms with E-state index >= 15 is 0 Å². The smallest absolute Gasteiger partial charge is 0.216 e. The van der Waals surface area contributed by atoms with Crippen LogP contribution in [0.2, 0.25) is 0 Å². The molecule has 0 aliphatic heterocycles. The summed E-state index contributed by atoms with van der Waals surface area (Å²) in [5, 5.41) is 0. The Morgan fingerprint density at radius 3 is 2.27 bits per heavy atom. The molecule has 1 saturated carbocycles. The molecule has 0 spiro atoms. The van der Waals surface area contributed by atoms with Gasteiger partial charge in [0.15, 0.2) is 0 Å². The standard InChI is InChI=1S/C6H12N2O2S/c7-6(8)4-2-1-3-5(6)11(9)10/h1-4,7-8H2. The topological polar surface area (TPSA) is 86.2 Å². The Hall–Kier alpha value is -0.390. The number of hydrogen-bond donors (Lipinski definition) is 2. The van der Waals surface area contributed by atoms with Gasteiger partial charge in [0.2, 0.25) is 10.3 Å². The Morgan fingerprint density at radius 1 is 1.27 bits per heavy atom. The Bertz CT molecular complexity index is 271. The summed E-state index contributed by atoms with van der Waals surface area (Å²) in [6.45, 7) is 0. The van der Waals surface area contributed by atoms with E-state index in [0.29, 0.717) is 12.8 Å². The molecule has 0 amide bonds. The van der Waals surface area contributed by atoms with E-state index in [1.54, 1.807) is 0 Å². The molecule has 1 aliphatic carbocycles. The number of nitrogens with two attached hydrogens (primary N) is 2. The molecule has 5 heteroatoms. The normalized spacial score (nSPS) is 23.3. The van der Waals surface area contributed by atoms with Crippen molar-refractivity contribution < 1.29 is 8.42 Å². The van der Waals surface area contributed by atoms with Crippen molar-refractivity contribution in [3.63, 3.8) is 0 Å². The SMILES string of the molecule is NC1(N)CCCCC1=S(=O)=O. The summed E-state index contributed by atoms with van der Waals surface area (Å²) in [5.74, 6) is 0. The summed E-state index contributed by atoms with van der Waals surface area (Å²) in [6, 6.07) is 0. The van der Waals surface area contributed by atoms with Gasteiger partial charge in [0.05, 0.1) is 4.86 Å². The van der Waals surface area contributed by atoms with Crippen molar-refractivity contribution in [2.75, 3.05) is 0 Å². The van der Waals surface area contributed by atoms with Gasteiger partial charge in [-0.3, -0.25) is 0 Å². The Kier molecular flexibility index (Phi) is 2.31. The van der Waals surface area contributed by atoms with E-state index in [0.717, 1.165) is 12.8 Å². The second-order valence-electron chi connectivity index (χ2n) is 2.91. The lowest BCUT2D eigenvalue weighted by molar-refractivity contribution is 0.472. The third-order valence-electron chi connectivity index (χ3n) is 1.96. The summed E-state index contributed by atoms with van der Waals surface area (Å²) in [6.07, 6.45) is 2.87. The summed E-state index contributed by atoms with van der Waals surface area (Å²) in [5.41, 5.74) is 10.1. The second-order valence-corrected chi connectivity index (χ2v) is 3.87. The van der Waals surface area contributed by atoms with Crippen LogP contribution in [0.5, 0.6) is 0 Å². The molecule has 4 nitrogen and oxygen atoms in total. The van der Waals surface area contributed by atoms with Crippen molar-refractivity contribution in [1.29, 1.82) is 0 Å². The minimum absolute atomic E-state index is 0.267. The first kappa shape index (κ1) is 8.70. The summed E-state index contributed by atoms with van der Waals surface area (Å²) in [7, 11) is -2.20. The van der Waals surface area contributed by atoms with E-state index in [4.69, 9.17) is 11.5 Å².